The molecule has 0 spiro atoms. The number of esters is 1. The number of hydrogen-bond acceptors (Lipinski definition) is 6. The van der Waals surface area contributed by atoms with Gasteiger partial charge in [-0.05, 0) is 37.6 Å². The van der Waals surface area contributed by atoms with Crippen LogP contribution in [-0.2, 0) is 24.3 Å². The van der Waals surface area contributed by atoms with E-state index in [2.05, 4.69) is 4.90 Å². The van der Waals surface area contributed by atoms with Crippen LogP contribution in [0.1, 0.15) is 39.5 Å². The van der Waals surface area contributed by atoms with Crippen LogP contribution in [0.15, 0.2) is 29.2 Å². The molecule has 0 bridgehead atoms. The predicted molar refractivity (Wildman–Crippen MR) is 103 cm³/mol. The maximum atomic E-state index is 13.0. The highest BCUT2D eigenvalue weighted by atomic mass is 32.2. The largest absolute Gasteiger partial charge is 0.465 e. The van der Waals surface area contributed by atoms with Gasteiger partial charge in [0.25, 0.3) is 0 Å². The minimum absolute atomic E-state index is 0.153. The van der Waals surface area contributed by atoms with E-state index in [0.717, 1.165) is 12.1 Å². The molecule has 8 heteroatoms. The van der Waals surface area contributed by atoms with Gasteiger partial charge in [-0.25, -0.2) is 8.42 Å². The Labute approximate surface area is 161 Å². The summed E-state index contributed by atoms with van der Waals surface area (Å²) in [5, 5.41) is 0. The monoisotopic (exact) mass is 396 g/mol. The molecule has 1 heterocycles. The zero-order valence-electron chi connectivity index (χ0n) is 16.0. The van der Waals surface area contributed by atoms with E-state index >= 15 is 0 Å². The van der Waals surface area contributed by atoms with Crippen LogP contribution in [-0.4, -0.2) is 57.3 Å². The van der Waals surface area contributed by atoms with E-state index in [9.17, 15) is 18.0 Å². The van der Waals surface area contributed by atoms with Crippen LogP contribution in [0.2, 0.25) is 0 Å². The molecule has 0 amide bonds. The molecule has 0 aromatic heterocycles. The number of carbonyl (C=O) groups is 2. The number of ether oxygens (including phenoxy) is 1. The van der Waals surface area contributed by atoms with E-state index in [1.165, 1.54) is 4.31 Å². The van der Waals surface area contributed by atoms with E-state index in [1.807, 2.05) is 6.92 Å². The van der Waals surface area contributed by atoms with E-state index in [-0.39, 0.29) is 30.4 Å². The number of sulfonamides is 1. The number of rotatable bonds is 9. The van der Waals surface area contributed by atoms with Crippen molar-refractivity contribution >= 4 is 27.5 Å². The van der Waals surface area contributed by atoms with Crippen molar-refractivity contribution in [2.75, 3.05) is 37.7 Å². The Morgan fingerprint density at radius 1 is 1.15 bits per heavy atom. The molecular weight excluding hydrogens is 368 g/mol. The summed E-state index contributed by atoms with van der Waals surface area (Å²) >= 11 is 0. The summed E-state index contributed by atoms with van der Waals surface area (Å²) in [5.74, 6) is -0.289. The van der Waals surface area contributed by atoms with Gasteiger partial charge < -0.3 is 9.64 Å². The number of nitrogens with zero attached hydrogens (tertiary/aromatic N) is 2. The van der Waals surface area contributed by atoms with Crippen molar-refractivity contribution in [1.82, 2.24) is 4.31 Å². The molecule has 150 valence electrons. The lowest BCUT2D eigenvalue weighted by molar-refractivity contribution is -0.143. The average molecular weight is 397 g/mol. The molecule has 1 fully saturated rings. The first kappa shape index (κ1) is 21.4. The lowest BCUT2D eigenvalue weighted by Gasteiger charge is -2.28. The third-order valence-electron chi connectivity index (χ3n) is 4.53. The fourth-order valence-corrected chi connectivity index (χ4v) is 4.38. The number of benzene rings is 1. The zero-order valence-corrected chi connectivity index (χ0v) is 16.8. The molecule has 0 radical (unpaired) electrons. The van der Waals surface area contributed by atoms with Crippen LogP contribution in [0.4, 0.5) is 5.69 Å². The SMILES string of the molecule is CCCCN(CC(=O)OCC)S(=O)(=O)c1ccc(N2CCC(=O)CC2)cc1. The molecule has 1 aromatic carbocycles. The van der Waals surface area contributed by atoms with Crippen LogP contribution < -0.4 is 4.90 Å². The first-order valence-corrected chi connectivity index (χ1v) is 10.8. The minimum Gasteiger partial charge on any atom is -0.465 e. The van der Waals surface area contributed by atoms with Crippen molar-refractivity contribution in [2.24, 2.45) is 0 Å². The van der Waals surface area contributed by atoms with Crippen molar-refractivity contribution in [3.63, 3.8) is 0 Å². The third-order valence-corrected chi connectivity index (χ3v) is 6.39. The van der Waals surface area contributed by atoms with Crippen LogP contribution in [0.3, 0.4) is 0 Å². The summed E-state index contributed by atoms with van der Waals surface area (Å²) in [6.07, 6.45) is 2.52. The highest BCUT2D eigenvalue weighted by molar-refractivity contribution is 7.89. The topological polar surface area (TPSA) is 84.0 Å². The molecule has 1 aliphatic rings. The number of unbranched alkanes of at least 4 members (excludes halogenated alkanes) is 1. The van der Waals surface area contributed by atoms with E-state index in [0.29, 0.717) is 32.4 Å². The Bertz CT molecular complexity index is 736. The van der Waals surface area contributed by atoms with Gasteiger partial charge in [0, 0.05) is 38.2 Å². The quantitative estimate of drug-likeness (QED) is 0.595. The van der Waals surface area contributed by atoms with Crippen molar-refractivity contribution in [2.45, 2.75) is 44.4 Å². The summed E-state index contributed by atoms with van der Waals surface area (Å²) in [7, 11) is -3.78. The predicted octanol–water partition coefficient (Wildman–Crippen LogP) is 2.21. The molecule has 1 aromatic rings. The maximum absolute atomic E-state index is 13.0. The lowest BCUT2D eigenvalue weighted by atomic mass is 10.1. The Kier molecular flexibility index (Phi) is 7.79. The minimum atomic E-state index is -3.78. The van der Waals surface area contributed by atoms with Gasteiger partial charge in [-0.2, -0.15) is 4.31 Å². The highest BCUT2D eigenvalue weighted by Crippen LogP contribution is 2.23. The smallest absolute Gasteiger partial charge is 0.321 e. The Balaban J connectivity index is 2.16. The van der Waals surface area contributed by atoms with Crippen molar-refractivity contribution in [3.8, 4) is 0 Å². The third kappa shape index (κ3) is 5.77. The first-order valence-electron chi connectivity index (χ1n) is 9.41. The number of Topliss-reactive ketones (excluding diaryl/α,β-unsaturated/α-hetero) is 1. The Hall–Kier alpha value is -1.93. The van der Waals surface area contributed by atoms with E-state index in [4.69, 9.17) is 4.74 Å². The number of ketones is 1. The van der Waals surface area contributed by atoms with Crippen LogP contribution in [0, 0.1) is 0 Å². The fraction of sp³-hybridized carbons (Fsp3) is 0.579. The number of anilines is 1. The van der Waals surface area contributed by atoms with Gasteiger partial charge in [0.05, 0.1) is 11.5 Å². The molecule has 2 rings (SSSR count). The molecular formula is C19H28N2O5S. The van der Waals surface area contributed by atoms with Gasteiger partial charge >= 0.3 is 5.97 Å². The van der Waals surface area contributed by atoms with Gasteiger partial charge in [-0.3, -0.25) is 9.59 Å². The average Bonchev–Trinajstić information content (AvgIpc) is 2.66. The Morgan fingerprint density at radius 3 is 2.33 bits per heavy atom. The van der Waals surface area contributed by atoms with Crippen LogP contribution >= 0.6 is 0 Å². The molecule has 0 saturated carbocycles. The standard InChI is InChI=1S/C19H28N2O5S/c1-3-5-12-21(15-19(23)26-4-2)27(24,25)18-8-6-16(7-9-18)20-13-10-17(22)11-14-20/h6-9H,3-5,10-15H2,1-2H3. The van der Waals surface area contributed by atoms with Crippen molar-refractivity contribution in [3.05, 3.63) is 24.3 Å². The number of carbonyl (C=O) groups excluding carboxylic acids is 2. The van der Waals surface area contributed by atoms with Gasteiger partial charge in [-0.15, -0.1) is 0 Å². The fourth-order valence-electron chi connectivity index (χ4n) is 2.96. The molecule has 0 aliphatic carbocycles. The second-order valence-electron chi connectivity index (χ2n) is 6.52. The van der Waals surface area contributed by atoms with Gasteiger partial charge in [0.2, 0.25) is 10.0 Å². The normalized spacial score (nSPS) is 15.2. The summed E-state index contributed by atoms with van der Waals surface area (Å²) in [4.78, 5) is 25.4. The van der Waals surface area contributed by atoms with Gasteiger partial charge in [-0.1, -0.05) is 13.3 Å². The summed E-state index contributed by atoms with van der Waals surface area (Å²) in [5.41, 5.74) is 0.895. The lowest BCUT2D eigenvalue weighted by Crippen LogP contribution is -2.37. The molecule has 27 heavy (non-hydrogen) atoms. The molecule has 1 saturated heterocycles. The van der Waals surface area contributed by atoms with Crippen molar-refractivity contribution in [1.29, 1.82) is 0 Å². The second-order valence-corrected chi connectivity index (χ2v) is 8.45. The first-order chi connectivity index (χ1) is 12.9. The van der Waals surface area contributed by atoms with Crippen molar-refractivity contribution < 1.29 is 22.7 Å². The number of piperidine rings is 1. The van der Waals surface area contributed by atoms with E-state index < -0.39 is 16.0 Å². The Morgan fingerprint density at radius 2 is 1.78 bits per heavy atom. The van der Waals surface area contributed by atoms with E-state index in [1.54, 1.807) is 31.2 Å². The van der Waals surface area contributed by atoms with Gasteiger partial charge in [0.1, 0.15) is 12.3 Å². The summed E-state index contributed by atoms with van der Waals surface area (Å²) in [6.45, 7) is 5.16. The second kappa shape index (κ2) is 9.85. The zero-order chi connectivity index (χ0) is 19.9. The molecule has 0 unspecified atom stereocenters. The molecule has 7 nitrogen and oxygen atoms in total. The summed E-state index contributed by atoms with van der Waals surface area (Å²) in [6, 6.07) is 6.63. The molecule has 0 N–H and O–H groups in total. The molecule has 0 atom stereocenters. The maximum Gasteiger partial charge on any atom is 0.321 e. The van der Waals surface area contributed by atoms with Crippen LogP contribution in [0.5, 0.6) is 0 Å². The van der Waals surface area contributed by atoms with Gasteiger partial charge in [0.15, 0.2) is 0 Å². The van der Waals surface area contributed by atoms with Crippen LogP contribution in [0.25, 0.3) is 0 Å². The molecule has 1 aliphatic heterocycles. The highest BCUT2D eigenvalue weighted by Gasteiger charge is 2.27. The summed E-state index contributed by atoms with van der Waals surface area (Å²) < 4.78 is 32.0. The number of hydrogen-bond donors (Lipinski definition) is 0.